The molecule has 1 aromatic heterocycles. The molecule has 0 saturated carbocycles. The number of aromatic nitrogens is 2. The standard InChI is InChI=1S/C16H12ClN3O5S/c1-9-2-4-11(7-12(9)17)26(21,22)20-16-19-18-15(25-16)10-3-5-13-14(6-10)24-8-23-13/h2-7H,8H2,1H3,(H,19,20). The first-order chi connectivity index (χ1) is 12.4. The van der Waals surface area contributed by atoms with Gasteiger partial charge in [-0.05, 0) is 42.8 Å². The number of halogens is 1. The molecule has 10 heteroatoms. The molecule has 0 unspecified atom stereocenters. The van der Waals surface area contributed by atoms with Gasteiger partial charge < -0.3 is 13.9 Å². The lowest BCUT2D eigenvalue weighted by Gasteiger charge is -2.05. The molecular weight excluding hydrogens is 382 g/mol. The van der Waals surface area contributed by atoms with Gasteiger partial charge in [0, 0.05) is 10.6 Å². The third-order valence-corrected chi connectivity index (χ3v) is 5.44. The summed E-state index contributed by atoms with van der Waals surface area (Å²) in [5, 5.41) is 7.93. The number of nitrogens with one attached hydrogen (secondary N) is 1. The van der Waals surface area contributed by atoms with Gasteiger partial charge in [0.15, 0.2) is 11.5 Å². The molecule has 8 nitrogen and oxygen atoms in total. The molecule has 1 aliphatic rings. The van der Waals surface area contributed by atoms with Crippen LogP contribution in [0.5, 0.6) is 11.5 Å². The third kappa shape index (κ3) is 3.06. The highest BCUT2D eigenvalue weighted by Crippen LogP contribution is 2.35. The van der Waals surface area contributed by atoms with Crippen LogP contribution in [0.3, 0.4) is 0 Å². The lowest BCUT2D eigenvalue weighted by atomic mass is 10.2. The second kappa shape index (κ2) is 6.19. The van der Waals surface area contributed by atoms with Crippen molar-refractivity contribution in [2.45, 2.75) is 11.8 Å². The van der Waals surface area contributed by atoms with Crippen LogP contribution in [-0.4, -0.2) is 25.4 Å². The minimum atomic E-state index is -3.91. The summed E-state index contributed by atoms with van der Waals surface area (Å²) in [6.07, 6.45) is 0. The van der Waals surface area contributed by atoms with Crippen LogP contribution in [0.1, 0.15) is 5.56 Å². The van der Waals surface area contributed by atoms with Crippen molar-refractivity contribution in [3.8, 4) is 23.0 Å². The van der Waals surface area contributed by atoms with Gasteiger partial charge >= 0.3 is 6.01 Å². The van der Waals surface area contributed by atoms with Gasteiger partial charge in [-0.2, -0.15) is 0 Å². The molecule has 3 aromatic rings. The smallest absolute Gasteiger partial charge is 0.330 e. The topological polar surface area (TPSA) is 104 Å². The van der Waals surface area contributed by atoms with Crippen LogP contribution >= 0.6 is 11.6 Å². The van der Waals surface area contributed by atoms with Gasteiger partial charge in [-0.3, -0.25) is 0 Å². The van der Waals surface area contributed by atoms with Crippen molar-refractivity contribution in [3.63, 3.8) is 0 Å². The van der Waals surface area contributed by atoms with Crippen molar-refractivity contribution in [2.24, 2.45) is 0 Å². The predicted molar refractivity (Wildman–Crippen MR) is 92.9 cm³/mol. The minimum absolute atomic E-state index is 0.00377. The molecule has 2 heterocycles. The largest absolute Gasteiger partial charge is 0.454 e. The van der Waals surface area contributed by atoms with Crippen LogP contribution in [0.2, 0.25) is 5.02 Å². The Morgan fingerprint density at radius 1 is 1.08 bits per heavy atom. The van der Waals surface area contributed by atoms with Crippen molar-refractivity contribution in [1.82, 2.24) is 10.2 Å². The number of rotatable bonds is 4. The number of nitrogens with zero attached hydrogens (tertiary/aromatic N) is 2. The van der Waals surface area contributed by atoms with E-state index in [1.807, 2.05) is 0 Å². The molecule has 2 aromatic carbocycles. The van der Waals surface area contributed by atoms with E-state index >= 15 is 0 Å². The summed E-state index contributed by atoms with van der Waals surface area (Å²) in [5.41, 5.74) is 1.35. The summed E-state index contributed by atoms with van der Waals surface area (Å²) < 4.78 is 43.0. The summed E-state index contributed by atoms with van der Waals surface area (Å²) in [6.45, 7) is 1.93. The fourth-order valence-electron chi connectivity index (χ4n) is 2.33. The minimum Gasteiger partial charge on any atom is -0.454 e. The Bertz CT molecular complexity index is 1100. The van der Waals surface area contributed by atoms with Crippen LogP contribution in [0.15, 0.2) is 45.7 Å². The normalized spacial score (nSPS) is 13.0. The van der Waals surface area contributed by atoms with E-state index in [2.05, 4.69) is 14.9 Å². The quantitative estimate of drug-likeness (QED) is 0.725. The predicted octanol–water partition coefficient (Wildman–Crippen LogP) is 3.23. The van der Waals surface area contributed by atoms with Crippen molar-refractivity contribution < 1.29 is 22.3 Å². The van der Waals surface area contributed by atoms with E-state index in [1.165, 1.54) is 12.1 Å². The molecule has 26 heavy (non-hydrogen) atoms. The Morgan fingerprint density at radius 3 is 2.69 bits per heavy atom. The first kappa shape index (κ1) is 16.7. The van der Waals surface area contributed by atoms with Crippen LogP contribution < -0.4 is 14.2 Å². The number of aryl methyl sites for hydroxylation is 1. The second-order valence-electron chi connectivity index (χ2n) is 5.50. The average Bonchev–Trinajstić information content (AvgIpc) is 3.25. The highest BCUT2D eigenvalue weighted by molar-refractivity contribution is 7.92. The van der Waals surface area contributed by atoms with E-state index in [0.717, 1.165) is 5.56 Å². The van der Waals surface area contributed by atoms with Gasteiger partial charge in [0.1, 0.15) is 0 Å². The molecule has 134 valence electrons. The molecule has 1 aliphatic heterocycles. The molecule has 0 spiro atoms. The maximum atomic E-state index is 12.4. The zero-order chi connectivity index (χ0) is 18.3. The fraction of sp³-hybridized carbons (Fsp3) is 0.125. The van der Waals surface area contributed by atoms with Gasteiger partial charge in [0.2, 0.25) is 12.7 Å². The Balaban J connectivity index is 1.59. The van der Waals surface area contributed by atoms with Crippen LogP contribution in [-0.2, 0) is 10.0 Å². The van der Waals surface area contributed by atoms with E-state index in [-0.39, 0.29) is 23.6 Å². The molecular formula is C16H12ClN3O5S. The molecule has 0 saturated heterocycles. The fourth-order valence-corrected chi connectivity index (χ4v) is 3.52. The number of benzene rings is 2. The number of sulfonamides is 1. The molecule has 0 atom stereocenters. The SMILES string of the molecule is Cc1ccc(S(=O)(=O)Nc2nnc(-c3ccc4c(c3)OCO4)o2)cc1Cl. The maximum Gasteiger partial charge on any atom is 0.330 e. The maximum absolute atomic E-state index is 12.4. The summed E-state index contributed by atoms with van der Waals surface area (Å²) in [6, 6.07) is 9.25. The number of hydrogen-bond donors (Lipinski definition) is 1. The Labute approximate surface area is 153 Å². The van der Waals surface area contributed by atoms with E-state index in [1.54, 1.807) is 31.2 Å². The van der Waals surface area contributed by atoms with E-state index < -0.39 is 10.0 Å². The van der Waals surface area contributed by atoms with E-state index in [0.29, 0.717) is 22.1 Å². The number of hydrogen-bond acceptors (Lipinski definition) is 7. The molecule has 0 amide bonds. The van der Waals surface area contributed by atoms with Gasteiger partial charge in [-0.25, -0.2) is 13.1 Å². The highest BCUT2D eigenvalue weighted by atomic mass is 35.5. The van der Waals surface area contributed by atoms with Crippen molar-refractivity contribution in [3.05, 3.63) is 47.0 Å². The van der Waals surface area contributed by atoms with Crippen molar-refractivity contribution in [1.29, 1.82) is 0 Å². The molecule has 0 radical (unpaired) electrons. The molecule has 1 N–H and O–H groups in total. The molecule has 4 rings (SSSR count). The first-order valence-electron chi connectivity index (χ1n) is 7.45. The number of anilines is 1. The Hall–Kier alpha value is -2.78. The van der Waals surface area contributed by atoms with E-state index in [9.17, 15) is 8.42 Å². The first-order valence-corrected chi connectivity index (χ1v) is 9.31. The van der Waals surface area contributed by atoms with Crippen LogP contribution in [0.25, 0.3) is 11.5 Å². The zero-order valence-corrected chi connectivity index (χ0v) is 15.0. The third-order valence-electron chi connectivity index (χ3n) is 3.72. The van der Waals surface area contributed by atoms with Gasteiger partial charge in [0.25, 0.3) is 10.0 Å². The van der Waals surface area contributed by atoms with Crippen LogP contribution in [0.4, 0.5) is 6.01 Å². The number of ether oxygens (including phenoxy) is 2. The van der Waals surface area contributed by atoms with Crippen molar-refractivity contribution >= 4 is 27.6 Å². The summed E-state index contributed by atoms with van der Waals surface area (Å²) in [5.74, 6) is 1.31. The molecule has 0 bridgehead atoms. The average molecular weight is 394 g/mol. The Kier molecular flexibility index (Phi) is 3.97. The summed E-state index contributed by atoms with van der Waals surface area (Å²) >= 11 is 5.99. The molecule has 0 aliphatic carbocycles. The monoisotopic (exact) mass is 393 g/mol. The van der Waals surface area contributed by atoms with Gasteiger partial charge in [-0.15, -0.1) is 5.10 Å². The van der Waals surface area contributed by atoms with Crippen LogP contribution in [0, 0.1) is 6.92 Å². The summed E-state index contributed by atoms with van der Waals surface area (Å²) in [7, 11) is -3.91. The van der Waals surface area contributed by atoms with Gasteiger partial charge in [-0.1, -0.05) is 22.8 Å². The van der Waals surface area contributed by atoms with Crippen molar-refractivity contribution in [2.75, 3.05) is 11.5 Å². The lowest BCUT2D eigenvalue weighted by molar-refractivity contribution is 0.174. The summed E-state index contributed by atoms with van der Waals surface area (Å²) in [4.78, 5) is -0.00377. The second-order valence-corrected chi connectivity index (χ2v) is 7.59. The number of fused-ring (bicyclic) bond motifs is 1. The van der Waals surface area contributed by atoms with E-state index in [4.69, 9.17) is 25.5 Å². The Morgan fingerprint density at radius 2 is 1.88 bits per heavy atom. The zero-order valence-electron chi connectivity index (χ0n) is 13.4. The highest BCUT2D eigenvalue weighted by Gasteiger charge is 2.20. The lowest BCUT2D eigenvalue weighted by Crippen LogP contribution is -2.13. The molecule has 0 fully saturated rings. The van der Waals surface area contributed by atoms with Gasteiger partial charge in [0.05, 0.1) is 4.90 Å².